The fourth-order valence-corrected chi connectivity index (χ4v) is 3.14. The van der Waals surface area contributed by atoms with Gasteiger partial charge in [0.15, 0.2) is 0 Å². The first-order chi connectivity index (χ1) is 10.6. The van der Waals surface area contributed by atoms with Crippen molar-refractivity contribution in [3.8, 4) is 11.1 Å². The molecule has 0 spiro atoms. The highest BCUT2D eigenvalue weighted by molar-refractivity contribution is 6.33. The van der Waals surface area contributed by atoms with E-state index in [2.05, 4.69) is 4.98 Å². The Balaban J connectivity index is 1.90. The Bertz CT molecular complexity index is 943. The van der Waals surface area contributed by atoms with Crippen LogP contribution in [-0.2, 0) is 0 Å². The Morgan fingerprint density at radius 3 is 2.64 bits per heavy atom. The van der Waals surface area contributed by atoms with E-state index in [4.69, 9.17) is 11.6 Å². The smallest absolute Gasteiger partial charge is 0.255 e. The van der Waals surface area contributed by atoms with Crippen LogP contribution in [-0.4, -0.2) is 4.98 Å². The molecular weight excluding hydrogens is 301 g/mol. The van der Waals surface area contributed by atoms with Crippen molar-refractivity contribution in [3.63, 3.8) is 0 Å². The molecule has 0 unspecified atom stereocenters. The molecule has 1 saturated carbocycles. The van der Waals surface area contributed by atoms with Gasteiger partial charge in [-0.2, -0.15) is 0 Å². The second-order valence-corrected chi connectivity index (χ2v) is 6.15. The third kappa shape index (κ3) is 2.22. The number of benzene rings is 2. The van der Waals surface area contributed by atoms with E-state index in [0.717, 1.165) is 5.56 Å². The van der Waals surface area contributed by atoms with Gasteiger partial charge >= 0.3 is 0 Å². The Hall–Kier alpha value is -2.13. The first-order valence-corrected chi connectivity index (χ1v) is 7.62. The SMILES string of the molecule is O=c1[nH]ccc2c(F)cc(-c3ccc(C4CC4)cc3Cl)cc12. The number of aromatic nitrogens is 1. The Morgan fingerprint density at radius 1 is 1.09 bits per heavy atom. The highest BCUT2D eigenvalue weighted by Crippen LogP contribution is 2.42. The Labute approximate surface area is 131 Å². The molecule has 2 nitrogen and oxygen atoms in total. The van der Waals surface area contributed by atoms with E-state index in [9.17, 15) is 9.18 Å². The van der Waals surface area contributed by atoms with Crippen LogP contribution >= 0.6 is 11.6 Å². The van der Waals surface area contributed by atoms with E-state index in [1.807, 2.05) is 18.2 Å². The molecule has 1 N–H and O–H groups in total. The van der Waals surface area contributed by atoms with Gasteiger partial charge in [0.05, 0.1) is 5.39 Å². The number of rotatable bonds is 2. The summed E-state index contributed by atoms with van der Waals surface area (Å²) < 4.78 is 14.3. The van der Waals surface area contributed by atoms with Crippen molar-refractivity contribution in [2.24, 2.45) is 0 Å². The van der Waals surface area contributed by atoms with Crippen LogP contribution in [0.2, 0.25) is 5.02 Å². The topological polar surface area (TPSA) is 32.9 Å². The highest BCUT2D eigenvalue weighted by atomic mass is 35.5. The van der Waals surface area contributed by atoms with Gasteiger partial charge in [0, 0.05) is 22.2 Å². The third-order valence-corrected chi connectivity index (χ3v) is 4.50. The van der Waals surface area contributed by atoms with E-state index in [-0.39, 0.29) is 5.56 Å². The minimum absolute atomic E-state index is 0.302. The molecule has 22 heavy (non-hydrogen) atoms. The lowest BCUT2D eigenvalue weighted by molar-refractivity contribution is 0.640. The Morgan fingerprint density at radius 2 is 1.91 bits per heavy atom. The van der Waals surface area contributed by atoms with Crippen LogP contribution in [0.1, 0.15) is 24.3 Å². The third-order valence-electron chi connectivity index (χ3n) is 4.19. The summed E-state index contributed by atoms with van der Waals surface area (Å²) in [6, 6.07) is 10.6. The molecule has 1 aromatic heterocycles. The van der Waals surface area contributed by atoms with Crippen LogP contribution in [0.25, 0.3) is 21.9 Å². The molecule has 4 rings (SSSR count). The van der Waals surface area contributed by atoms with Crippen LogP contribution in [0, 0.1) is 5.82 Å². The van der Waals surface area contributed by atoms with Crippen LogP contribution in [0.3, 0.4) is 0 Å². The summed E-state index contributed by atoms with van der Waals surface area (Å²) in [5.41, 5.74) is 2.29. The van der Waals surface area contributed by atoms with Gasteiger partial charge in [-0.1, -0.05) is 23.7 Å². The van der Waals surface area contributed by atoms with Gasteiger partial charge in [0.1, 0.15) is 5.82 Å². The molecule has 1 aliphatic rings. The molecule has 1 aliphatic carbocycles. The van der Waals surface area contributed by atoms with Crippen LogP contribution < -0.4 is 5.56 Å². The molecule has 2 aromatic carbocycles. The van der Waals surface area contributed by atoms with Crippen LogP contribution in [0.5, 0.6) is 0 Å². The number of H-pyrrole nitrogens is 1. The van der Waals surface area contributed by atoms with Crippen molar-refractivity contribution in [2.75, 3.05) is 0 Å². The number of fused-ring (bicyclic) bond motifs is 1. The van der Waals surface area contributed by atoms with Crippen LogP contribution in [0.15, 0.2) is 47.4 Å². The highest BCUT2D eigenvalue weighted by Gasteiger charge is 2.24. The predicted octanol–water partition coefficient (Wildman–Crippen LogP) is 4.87. The molecule has 4 heteroatoms. The molecule has 1 fully saturated rings. The second-order valence-electron chi connectivity index (χ2n) is 5.74. The van der Waals surface area contributed by atoms with Crippen molar-refractivity contribution in [3.05, 3.63) is 69.4 Å². The zero-order chi connectivity index (χ0) is 15.3. The fourth-order valence-electron chi connectivity index (χ4n) is 2.85. The lowest BCUT2D eigenvalue weighted by Crippen LogP contribution is -2.05. The molecule has 1 heterocycles. The Kier molecular flexibility index (Phi) is 3.05. The van der Waals surface area contributed by atoms with Gasteiger partial charge in [-0.15, -0.1) is 0 Å². The van der Waals surface area contributed by atoms with Crippen molar-refractivity contribution >= 4 is 22.4 Å². The summed E-state index contributed by atoms with van der Waals surface area (Å²) in [6.07, 6.45) is 3.86. The number of hydrogen-bond acceptors (Lipinski definition) is 1. The molecule has 0 aliphatic heterocycles. The predicted molar refractivity (Wildman–Crippen MR) is 86.9 cm³/mol. The summed E-state index contributed by atoms with van der Waals surface area (Å²) in [5.74, 6) is 0.198. The summed E-state index contributed by atoms with van der Waals surface area (Å²) in [5, 5.41) is 1.24. The van der Waals surface area contributed by atoms with Gasteiger partial charge in [0.25, 0.3) is 5.56 Å². The largest absolute Gasteiger partial charge is 0.329 e. The summed E-state index contributed by atoms with van der Waals surface area (Å²) in [4.78, 5) is 14.5. The molecular formula is C18H13ClFNO. The summed E-state index contributed by atoms with van der Waals surface area (Å²) in [7, 11) is 0. The first kappa shape index (κ1) is 13.5. The molecule has 0 bridgehead atoms. The van der Waals surface area contributed by atoms with Crippen LogP contribution in [0.4, 0.5) is 4.39 Å². The zero-order valence-electron chi connectivity index (χ0n) is 11.7. The number of aromatic amines is 1. The fraction of sp³-hybridized carbons (Fsp3) is 0.167. The zero-order valence-corrected chi connectivity index (χ0v) is 12.5. The number of halogens is 2. The van der Waals surface area contributed by atoms with Crippen molar-refractivity contribution in [1.82, 2.24) is 4.98 Å². The van der Waals surface area contributed by atoms with Gasteiger partial charge in [-0.05, 0) is 54.2 Å². The maximum absolute atomic E-state index is 14.3. The van der Waals surface area contributed by atoms with Crippen molar-refractivity contribution in [2.45, 2.75) is 18.8 Å². The van der Waals surface area contributed by atoms with Crippen molar-refractivity contribution < 1.29 is 4.39 Å². The molecule has 0 amide bonds. The standard InChI is InChI=1S/C18H13ClFNO/c19-16-8-11(10-1-2-10)3-4-13(16)12-7-15-14(17(20)9-12)5-6-21-18(15)22/h3-10H,1-2H2,(H,21,22). The van der Waals surface area contributed by atoms with E-state index in [1.165, 1.54) is 30.7 Å². The molecule has 0 saturated heterocycles. The van der Waals surface area contributed by atoms with E-state index in [1.54, 1.807) is 12.1 Å². The molecule has 3 aromatic rings. The number of hydrogen-bond donors (Lipinski definition) is 1. The van der Waals surface area contributed by atoms with E-state index < -0.39 is 5.82 Å². The average molecular weight is 314 g/mol. The van der Waals surface area contributed by atoms with Gasteiger partial charge in [-0.3, -0.25) is 4.79 Å². The molecule has 0 radical (unpaired) electrons. The quantitative estimate of drug-likeness (QED) is 0.719. The van der Waals surface area contributed by atoms with Gasteiger partial charge < -0.3 is 4.98 Å². The van der Waals surface area contributed by atoms with E-state index in [0.29, 0.717) is 27.3 Å². The minimum Gasteiger partial charge on any atom is -0.329 e. The number of nitrogens with one attached hydrogen (secondary N) is 1. The van der Waals surface area contributed by atoms with E-state index >= 15 is 0 Å². The molecule has 0 atom stereocenters. The van der Waals surface area contributed by atoms with Gasteiger partial charge in [0.2, 0.25) is 0 Å². The lowest BCUT2D eigenvalue weighted by atomic mass is 9.99. The lowest BCUT2D eigenvalue weighted by Gasteiger charge is -2.09. The normalized spacial score (nSPS) is 14.5. The monoisotopic (exact) mass is 313 g/mol. The minimum atomic E-state index is -0.416. The maximum atomic E-state index is 14.3. The van der Waals surface area contributed by atoms with Crippen molar-refractivity contribution in [1.29, 1.82) is 0 Å². The summed E-state index contributed by atoms with van der Waals surface area (Å²) in [6.45, 7) is 0. The molecule has 110 valence electrons. The number of pyridine rings is 1. The van der Waals surface area contributed by atoms with Gasteiger partial charge in [-0.25, -0.2) is 4.39 Å². The first-order valence-electron chi connectivity index (χ1n) is 7.24. The second kappa shape index (κ2) is 4.96. The average Bonchev–Trinajstić information content (AvgIpc) is 3.33. The summed E-state index contributed by atoms with van der Waals surface area (Å²) >= 11 is 6.37. The maximum Gasteiger partial charge on any atom is 0.255 e.